The summed E-state index contributed by atoms with van der Waals surface area (Å²) in [5, 5.41) is 5.10. The van der Waals surface area contributed by atoms with Crippen LogP contribution >= 0.6 is 0 Å². The van der Waals surface area contributed by atoms with Gasteiger partial charge in [0.2, 0.25) is 10.0 Å². The molecule has 0 radical (unpaired) electrons. The first-order valence-electron chi connectivity index (χ1n) is 5.28. The molecule has 0 aromatic heterocycles. The fourth-order valence-corrected chi connectivity index (χ4v) is 2.06. The van der Waals surface area contributed by atoms with Gasteiger partial charge in [0.1, 0.15) is 5.75 Å². The minimum atomic E-state index is -3.67. The maximum atomic E-state index is 11.3. The van der Waals surface area contributed by atoms with Crippen LogP contribution in [-0.2, 0) is 16.6 Å². The number of sulfonamides is 1. The lowest BCUT2D eigenvalue weighted by molar-refractivity contribution is 0.324. The molecule has 0 aliphatic carbocycles. The lowest BCUT2D eigenvalue weighted by Gasteiger charge is -2.15. The van der Waals surface area contributed by atoms with Gasteiger partial charge in [-0.2, -0.15) is 0 Å². The number of benzene rings is 1. The SMILES string of the molecule is CCOc1ccc(S(N)(=O)=O)cc1CN(C)C. The molecule has 0 aliphatic heterocycles. The smallest absolute Gasteiger partial charge is 0.238 e. The van der Waals surface area contributed by atoms with Crippen LogP contribution in [0.4, 0.5) is 0 Å². The molecular formula is C11H18N2O3S. The molecule has 1 aromatic rings. The topological polar surface area (TPSA) is 72.6 Å². The van der Waals surface area contributed by atoms with Crippen molar-refractivity contribution >= 4 is 10.0 Å². The molecule has 0 amide bonds. The Morgan fingerprint density at radius 1 is 1.35 bits per heavy atom. The first-order valence-corrected chi connectivity index (χ1v) is 6.82. The molecule has 2 N–H and O–H groups in total. The van der Waals surface area contributed by atoms with E-state index in [1.807, 2.05) is 25.9 Å². The fourth-order valence-electron chi connectivity index (χ4n) is 1.49. The molecule has 0 spiro atoms. The van der Waals surface area contributed by atoms with Crippen LogP contribution in [0, 0.1) is 0 Å². The number of nitrogens with zero attached hydrogens (tertiary/aromatic N) is 1. The Morgan fingerprint density at radius 2 is 2.00 bits per heavy atom. The third kappa shape index (κ3) is 3.99. The van der Waals surface area contributed by atoms with Gasteiger partial charge in [0, 0.05) is 12.1 Å². The quantitative estimate of drug-likeness (QED) is 0.847. The monoisotopic (exact) mass is 258 g/mol. The van der Waals surface area contributed by atoms with Crippen LogP contribution in [0.5, 0.6) is 5.75 Å². The highest BCUT2D eigenvalue weighted by Crippen LogP contribution is 2.23. The van der Waals surface area contributed by atoms with Crippen LogP contribution in [0.2, 0.25) is 0 Å². The van der Waals surface area contributed by atoms with E-state index < -0.39 is 10.0 Å². The Labute approximate surface area is 102 Å². The van der Waals surface area contributed by atoms with E-state index in [1.54, 1.807) is 12.1 Å². The van der Waals surface area contributed by atoms with Gasteiger partial charge in [0.15, 0.2) is 0 Å². The van der Waals surface area contributed by atoms with Gasteiger partial charge in [-0.3, -0.25) is 0 Å². The zero-order chi connectivity index (χ0) is 13.1. The number of ether oxygens (including phenoxy) is 1. The summed E-state index contributed by atoms with van der Waals surface area (Å²) in [6, 6.07) is 4.65. The minimum Gasteiger partial charge on any atom is -0.494 e. The summed E-state index contributed by atoms with van der Waals surface area (Å²) in [6.07, 6.45) is 0. The molecule has 0 saturated carbocycles. The Kier molecular flexibility index (Phi) is 4.50. The van der Waals surface area contributed by atoms with Gasteiger partial charge < -0.3 is 9.64 Å². The second kappa shape index (κ2) is 5.48. The van der Waals surface area contributed by atoms with Crippen molar-refractivity contribution in [2.24, 2.45) is 5.14 Å². The molecule has 0 saturated heterocycles. The highest BCUT2D eigenvalue weighted by Gasteiger charge is 2.12. The minimum absolute atomic E-state index is 0.109. The lowest BCUT2D eigenvalue weighted by atomic mass is 10.2. The van der Waals surface area contributed by atoms with Crippen molar-refractivity contribution in [3.8, 4) is 5.75 Å². The maximum absolute atomic E-state index is 11.3. The molecule has 96 valence electrons. The normalized spacial score (nSPS) is 11.8. The standard InChI is InChI=1S/C11H18N2O3S/c1-4-16-11-6-5-10(17(12,14)15)7-9(11)8-13(2)3/h5-7H,4,8H2,1-3H3,(H2,12,14,15). The third-order valence-electron chi connectivity index (χ3n) is 2.15. The van der Waals surface area contributed by atoms with Crippen molar-refractivity contribution in [2.75, 3.05) is 20.7 Å². The molecule has 1 rings (SSSR count). The summed E-state index contributed by atoms with van der Waals surface area (Å²) < 4.78 is 28.0. The van der Waals surface area contributed by atoms with E-state index in [2.05, 4.69) is 0 Å². The summed E-state index contributed by atoms with van der Waals surface area (Å²) in [7, 11) is 0.137. The molecule has 0 atom stereocenters. The van der Waals surface area contributed by atoms with Crippen molar-refractivity contribution in [3.63, 3.8) is 0 Å². The van der Waals surface area contributed by atoms with Gasteiger partial charge in [0.05, 0.1) is 11.5 Å². The van der Waals surface area contributed by atoms with Crippen LogP contribution in [-0.4, -0.2) is 34.0 Å². The summed E-state index contributed by atoms with van der Waals surface area (Å²) in [5.74, 6) is 0.689. The zero-order valence-electron chi connectivity index (χ0n) is 10.3. The second-order valence-corrected chi connectivity index (χ2v) is 5.55. The van der Waals surface area contributed by atoms with Crippen LogP contribution < -0.4 is 9.88 Å². The molecule has 0 aliphatic rings. The second-order valence-electron chi connectivity index (χ2n) is 3.99. The molecule has 0 fully saturated rings. The van der Waals surface area contributed by atoms with Crippen molar-refractivity contribution in [1.29, 1.82) is 0 Å². The molecule has 17 heavy (non-hydrogen) atoms. The van der Waals surface area contributed by atoms with E-state index in [0.717, 1.165) is 5.56 Å². The van der Waals surface area contributed by atoms with Crippen LogP contribution in [0.25, 0.3) is 0 Å². The number of hydrogen-bond donors (Lipinski definition) is 1. The van der Waals surface area contributed by atoms with Gasteiger partial charge in [-0.1, -0.05) is 0 Å². The number of hydrogen-bond acceptors (Lipinski definition) is 4. The largest absolute Gasteiger partial charge is 0.494 e. The summed E-state index contributed by atoms with van der Waals surface area (Å²) in [4.78, 5) is 2.04. The van der Waals surface area contributed by atoms with Crippen LogP contribution in [0.1, 0.15) is 12.5 Å². The molecule has 6 heteroatoms. The molecular weight excluding hydrogens is 240 g/mol. The van der Waals surface area contributed by atoms with Crippen LogP contribution in [0.15, 0.2) is 23.1 Å². The van der Waals surface area contributed by atoms with E-state index in [-0.39, 0.29) is 4.90 Å². The Bertz CT molecular complexity index is 483. The predicted molar refractivity (Wildman–Crippen MR) is 66.4 cm³/mol. The molecule has 0 bridgehead atoms. The first kappa shape index (κ1) is 14.0. The van der Waals surface area contributed by atoms with Crippen molar-refractivity contribution in [2.45, 2.75) is 18.4 Å². The summed E-state index contributed by atoms with van der Waals surface area (Å²) in [5.41, 5.74) is 0.809. The summed E-state index contributed by atoms with van der Waals surface area (Å²) >= 11 is 0. The van der Waals surface area contributed by atoms with Gasteiger partial charge in [-0.05, 0) is 39.2 Å². The molecule has 0 unspecified atom stereocenters. The molecule has 5 nitrogen and oxygen atoms in total. The lowest BCUT2D eigenvalue weighted by Crippen LogP contribution is -2.15. The zero-order valence-corrected chi connectivity index (χ0v) is 11.1. The van der Waals surface area contributed by atoms with E-state index in [4.69, 9.17) is 9.88 Å². The van der Waals surface area contributed by atoms with Gasteiger partial charge >= 0.3 is 0 Å². The Hall–Kier alpha value is -1.11. The fraction of sp³-hybridized carbons (Fsp3) is 0.455. The van der Waals surface area contributed by atoms with Gasteiger partial charge in [0.25, 0.3) is 0 Å². The number of rotatable bonds is 5. The highest BCUT2D eigenvalue weighted by molar-refractivity contribution is 7.89. The number of primary sulfonamides is 1. The average molecular weight is 258 g/mol. The first-order chi connectivity index (χ1) is 7.84. The molecule has 0 heterocycles. The van der Waals surface area contributed by atoms with Crippen molar-refractivity contribution in [1.82, 2.24) is 4.90 Å². The summed E-state index contributed by atoms with van der Waals surface area (Å²) in [6.45, 7) is 3.01. The van der Waals surface area contributed by atoms with E-state index in [0.29, 0.717) is 18.9 Å². The van der Waals surface area contributed by atoms with Gasteiger partial charge in [-0.25, -0.2) is 13.6 Å². The number of nitrogens with two attached hydrogens (primary N) is 1. The van der Waals surface area contributed by atoms with E-state index in [9.17, 15) is 8.42 Å². The maximum Gasteiger partial charge on any atom is 0.238 e. The van der Waals surface area contributed by atoms with E-state index in [1.165, 1.54) is 6.07 Å². The van der Waals surface area contributed by atoms with Crippen molar-refractivity contribution < 1.29 is 13.2 Å². The highest BCUT2D eigenvalue weighted by atomic mass is 32.2. The molecule has 1 aromatic carbocycles. The van der Waals surface area contributed by atoms with Gasteiger partial charge in [-0.15, -0.1) is 0 Å². The van der Waals surface area contributed by atoms with Crippen LogP contribution in [0.3, 0.4) is 0 Å². The Balaban J connectivity index is 3.19. The Morgan fingerprint density at radius 3 is 2.47 bits per heavy atom. The average Bonchev–Trinajstić information content (AvgIpc) is 2.18. The predicted octanol–water partition coefficient (Wildman–Crippen LogP) is 0.794. The third-order valence-corrected chi connectivity index (χ3v) is 3.06. The van der Waals surface area contributed by atoms with Crippen molar-refractivity contribution in [3.05, 3.63) is 23.8 Å². The van der Waals surface area contributed by atoms with E-state index >= 15 is 0 Å².